The Morgan fingerprint density at radius 3 is 2.57 bits per heavy atom. The third-order valence-electron chi connectivity index (χ3n) is 1.55. The first kappa shape index (κ1) is 10.7. The zero-order valence-corrected chi connectivity index (χ0v) is 8.40. The summed E-state index contributed by atoms with van der Waals surface area (Å²) in [4.78, 5) is 5.00. The van der Waals surface area contributed by atoms with Crippen LogP contribution in [0.4, 0.5) is 4.39 Å². The van der Waals surface area contributed by atoms with Crippen molar-refractivity contribution in [2.24, 2.45) is 11.1 Å². The molecule has 0 bridgehead atoms. The minimum atomic E-state index is -0.245. The van der Waals surface area contributed by atoms with Crippen molar-refractivity contribution in [3.63, 3.8) is 0 Å². The van der Waals surface area contributed by atoms with Gasteiger partial charge in [0.1, 0.15) is 12.4 Å². The average molecular weight is 195 g/mol. The van der Waals surface area contributed by atoms with E-state index in [4.69, 9.17) is 4.84 Å². The molecule has 1 rings (SSSR count). The van der Waals surface area contributed by atoms with Crippen LogP contribution in [0.25, 0.3) is 0 Å². The fourth-order valence-electron chi connectivity index (χ4n) is 0.839. The van der Waals surface area contributed by atoms with Crippen LogP contribution >= 0.6 is 0 Å². The molecule has 0 spiro atoms. The molecule has 0 saturated carbocycles. The molecule has 0 aliphatic heterocycles. The quantitative estimate of drug-likeness (QED) is 0.534. The van der Waals surface area contributed by atoms with Gasteiger partial charge in [-0.05, 0) is 23.6 Å². The molecule has 0 aliphatic rings. The maximum absolute atomic E-state index is 12.5. The molecule has 0 atom stereocenters. The van der Waals surface area contributed by atoms with Gasteiger partial charge in [-0.3, -0.25) is 0 Å². The van der Waals surface area contributed by atoms with Gasteiger partial charge < -0.3 is 4.84 Å². The van der Waals surface area contributed by atoms with Crippen LogP contribution in [0.15, 0.2) is 29.4 Å². The molecule has 2 nitrogen and oxygen atoms in total. The normalized spacial score (nSPS) is 11.1. The van der Waals surface area contributed by atoms with Crippen molar-refractivity contribution in [2.45, 2.75) is 13.8 Å². The molecule has 0 fully saturated rings. The molecule has 0 saturated heterocycles. The van der Waals surface area contributed by atoms with Crippen molar-refractivity contribution < 1.29 is 9.23 Å². The molecule has 0 aliphatic carbocycles. The summed E-state index contributed by atoms with van der Waals surface area (Å²) in [5, 5.41) is 3.76. The number of oxime groups is 1. The Hall–Kier alpha value is -1.38. The van der Waals surface area contributed by atoms with Gasteiger partial charge >= 0.3 is 0 Å². The summed E-state index contributed by atoms with van der Waals surface area (Å²) in [5.74, 6) is 0.214. The summed E-state index contributed by atoms with van der Waals surface area (Å²) >= 11 is 0. The number of halogens is 1. The standard InChI is InChI=1S/C11H14FNO/c1-9(2)8-14-13-7-10-3-5-11(12)6-4-10/h3-7,9H,8H2,1-2H3. The van der Waals surface area contributed by atoms with Crippen LogP contribution in [0.2, 0.25) is 0 Å². The maximum atomic E-state index is 12.5. The zero-order valence-electron chi connectivity index (χ0n) is 8.40. The fraction of sp³-hybridized carbons (Fsp3) is 0.364. The molecule has 0 aromatic heterocycles. The van der Waals surface area contributed by atoms with Gasteiger partial charge in [0.25, 0.3) is 0 Å². The molecular formula is C11H14FNO. The highest BCUT2D eigenvalue weighted by Gasteiger charge is 1.92. The van der Waals surface area contributed by atoms with Crippen LogP contribution in [-0.2, 0) is 4.84 Å². The van der Waals surface area contributed by atoms with Crippen molar-refractivity contribution in [1.82, 2.24) is 0 Å². The second-order valence-corrected chi connectivity index (χ2v) is 3.48. The van der Waals surface area contributed by atoms with Crippen LogP contribution in [0.3, 0.4) is 0 Å². The summed E-state index contributed by atoms with van der Waals surface area (Å²) in [6.45, 7) is 4.69. The molecule has 3 heteroatoms. The van der Waals surface area contributed by atoms with Gasteiger partial charge in [0.15, 0.2) is 0 Å². The summed E-state index contributed by atoms with van der Waals surface area (Å²) in [6.07, 6.45) is 1.57. The van der Waals surface area contributed by atoms with E-state index in [1.165, 1.54) is 12.1 Å². The van der Waals surface area contributed by atoms with Gasteiger partial charge in [0, 0.05) is 0 Å². The third kappa shape index (κ3) is 4.03. The number of hydrogen-bond donors (Lipinski definition) is 0. The molecule has 0 unspecified atom stereocenters. The Labute approximate surface area is 83.4 Å². The maximum Gasteiger partial charge on any atom is 0.123 e. The van der Waals surface area contributed by atoms with Gasteiger partial charge in [-0.1, -0.05) is 31.1 Å². The lowest BCUT2D eigenvalue weighted by Gasteiger charge is -2.00. The third-order valence-corrected chi connectivity index (χ3v) is 1.55. The highest BCUT2D eigenvalue weighted by Crippen LogP contribution is 2.00. The van der Waals surface area contributed by atoms with Gasteiger partial charge in [0.2, 0.25) is 0 Å². The highest BCUT2D eigenvalue weighted by atomic mass is 19.1. The van der Waals surface area contributed by atoms with E-state index in [2.05, 4.69) is 5.16 Å². The van der Waals surface area contributed by atoms with Crippen LogP contribution in [0.1, 0.15) is 19.4 Å². The van der Waals surface area contributed by atoms with E-state index in [-0.39, 0.29) is 5.82 Å². The number of hydrogen-bond acceptors (Lipinski definition) is 2. The summed E-state index contributed by atoms with van der Waals surface area (Å²) in [5.41, 5.74) is 0.829. The Morgan fingerprint density at radius 1 is 1.36 bits per heavy atom. The number of benzene rings is 1. The lowest BCUT2D eigenvalue weighted by atomic mass is 10.2. The minimum Gasteiger partial charge on any atom is -0.396 e. The first-order valence-electron chi connectivity index (χ1n) is 4.59. The molecular weight excluding hydrogens is 181 g/mol. The molecule has 14 heavy (non-hydrogen) atoms. The van der Waals surface area contributed by atoms with E-state index in [0.717, 1.165) is 5.56 Å². The van der Waals surface area contributed by atoms with Gasteiger partial charge in [-0.15, -0.1) is 0 Å². The van der Waals surface area contributed by atoms with Crippen molar-refractivity contribution in [3.8, 4) is 0 Å². The lowest BCUT2D eigenvalue weighted by Crippen LogP contribution is -1.97. The van der Waals surface area contributed by atoms with Crippen molar-refractivity contribution >= 4 is 6.21 Å². The summed E-state index contributed by atoms with van der Waals surface area (Å²) < 4.78 is 12.5. The lowest BCUT2D eigenvalue weighted by molar-refractivity contribution is 0.120. The van der Waals surface area contributed by atoms with Crippen molar-refractivity contribution in [2.75, 3.05) is 6.61 Å². The van der Waals surface area contributed by atoms with Crippen LogP contribution in [0.5, 0.6) is 0 Å². The van der Waals surface area contributed by atoms with Gasteiger partial charge in [-0.2, -0.15) is 0 Å². The van der Waals surface area contributed by atoms with E-state index in [1.54, 1.807) is 18.3 Å². The predicted molar refractivity (Wildman–Crippen MR) is 54.8 cm³/mol. The highest BCUT2D eigenvalue weighted by molar-refractivity contribution is 5.78. The summed E-state index contributed by atoms with van der Waals surface area (Å²) in [6, 6.07) is 6.09. The Balaban J connectivity index is 2.40. The van der Waals surface area contributed by atoms with Gasteiger partial charge in [-0.25, -0.2) is 4.39 Å². The fourth-order valence-corrected chi connectivity index (χ4v) is 0.839. The van der Waals surface area contributed by atoms with Crippen LogP contribution in [-0.4, -0.2) is 12.8 Å². The second kappa shape index (κ2) is 5.37. The van der Waals surface area contributed by atoms with E-state index in [1.807, 2.05) is 13.8 Å². The number of rotatable bonds is 4. The number of nitrogens with zero attached hydrogens (tertiary/aromatic N) is 1. The average Bonchev–Trinajstić information content (AvgIpc) is 2.15. The van der Waals surface area contributed by atoms with Crippen molar-refractivity contribution in [3.05, 3.63) is 35.6 Å². The van der Waals surface area contributed by atoms with E-state index in [0.29, 0.717) is 12.5 Å². The molecule has 0 N–H and O–H groups in total. The molecule has 1 aromatic carbocycles. The smallest absolute Gasteiger partial charge is 0.123 e. The zero-order chi connectivity index (χ0) is 10.4. The second-order valence-electron chi connectivity index (χ2n) is 3.48. The minimum absolute atomic E-state index is 0.245. The topological polar surface area (TPSA) is 21.6 Å². The summed E-state index contributed by atoms with van der Waals surface area (Å²) in [7, 11) is 0. The van der Waals surface area contributed by atoms with Crippen LogP contribution < -0.4 is 0 Å². The Bertz CT molecular complexity index is 293. The van der Waals surface area contributed by atoms with E-state index >= 15 is 0 Å². The Morgan fingerprint density at radius 2 is 2.00 bits per heavy atom. The molecule has 0 amide bonds. The van der Waals surface area contributed by atoms with E-state index < -0.39 is 0 Å². The molecule has 0 radical (unpaired) electrons. The monoisotopic (exact) mass is 195 g/mol. The predicted octanol–water partition coefficient (Wildman–Crippen LogP) is 2.83. The molecule has 1 aromatic rings. The molecule has 0 heterocycles. The molecule has 76 valence electrons. The van der Waals surface area contributed by atoms with Crippen LogP contribution in [0, 0.1) is 11.7 Å². The largest absolute Gasteiger partial charge is 0.396 e. The SMILES string of the molecule is CC(C)CON=Cc1ccc(F)cc1. The Kier molecular flexibility index (Phi) is 4.11. The van der Waals surface area contributed by atoms with E-state index in [9.17, 15) is 4.39 Å². The first-order chi connectivity index (χ1) is 6.68. The van der Waals surface area contributed by atoms with Crippen molar-refractivity contribution in [1.29, 1.82) is 0 Å². The van der Waals surface area contributed by atoms with Gasteiger partial charge in [0.05, 0.1) is 6.21 Å². The first-order valence-corrected chi connectivity index (χ1v) is 4.59.